The smallest absolute Gasteiger partial charge is 0.137 e. The molecule has 0 saturated carbocycles. The van der Waals surface area contributed by atoms with Crippen molar-refractivity contribution in [2.75, 3.05) is 0 Å². The van der Waals surface area contributed by atoms with Crippen molar-refractivity contribution in [3.05, 3.63) is 34.9 Å². The lowest BCUT2D eigenvalue weighted by Gasteiger charge is -2.22. The van der Waals surface area contributed by atoms with Gasteiger partial charge in [-0.15, -0.1) is 0 Å². The Balaban J connectivity index is 2.50. The second-order valence-corrected chi connectivity index (χ2v) is 6.79. The first-order valence-corrected chi connectivity index (χ1v) is 6.91. The zero-order chi connectivity index (χ0) is 13.8. The van der Waals surface area contributed by atoms with Crippen LogP contribution in [0.4, 0.5) is 0 Å². The van der Waals surface area contributed by atoms with E-state index in [-0.39, 0.29) is 11.2 Å². The van der Waals surface area contributed by atoms with Crippen LogP contribution in [-0.2, 0) is 11.2 Å². The Morgan fingerprint density at radius 3 is 2.44 bits per heavy atom. The molecule has 0 heterocycles. The van der Waals surface area contributed by atoms with E-state index in [0.717, 1.165) is 12.0 Å². The van der Waals surface area contributed by atoms with E-state index in [9.17, 15) is 4.79 Å². The largest absolute Gasteiger partial charge is 0.299 e. The molecule has 1 nitrogen and oxygen atoms in total. The molecule has 1 aromatic carbocycles. The Labute approximate surface area is 116 Å². The summed E-state index contributed by atoms with van der Waals surface area (Å²) in [6.07, 6.45) is 2.16. The highest BCUT2D eigenvalue weighted by molar-refractivity contribution is 6.31. The first-order valence-electron chi connectivity index (χ1n) is 6.53. The second kappa shape index (κ2) is 6.38. The normalized spacial score (nSPS) is 13.4. The van der Waals surface area contributed by atoms with E-state index < -0.39 is 0 Å². The van der Waals surface area contributed by atoms with Crippen molar-refractivity contribution in [1.82, 2.24) is 0 Å². The standard InChI is InChI=1S/C16H23ClO/c1-12(11-16(2,3)4)9-14(18)10-13-7-5-6-8-15(13)17/h5-8,12H,9-11H2,1-4H3. The minimum Gasteiger partial charge on any atom is -0.299 e. The molecule has 1 atom stereocenters. The summed E-state index contributed by atoms with van der Waals surface area (Å²) in [7, 11) is 0. The number of hydrogen-bond donors (Lipinski definition) is 0. The number of halogens is 1. The number of rotatable bonds is 5. The van der Waals surface area contributed by atoms with Crippen LogP contribution in [0, 0.1) is 11.3 Å². The van der Waals surface area contributed by atoms with Crippen LogP contribution in [0.15, 0.2) is 24.3 Å². The molecule has 0 aliphatic carbocycles. The lowest BCUT2D eigenvalue weighted by Crippen LogP contribution is -2.15. The van der Waals surface area contributed by atoms with Crippen LogP contribution in [0.2, 0.25) is 5.02 Å². The van der Waals surface area contributed by atoms with E-state index >= 15 is 0 Å². The van der Waals surface area contributed by atoms with Gasteiger partial charge in [0.1, 0.15) is 5.78 Å². The van der Waals surface area contributed by atoms with Gasteiger partial charge < -0.3 is 0 Å². The zero-order valence-electron chi connectivity index (χ0n) is 11.8. The molecule has 0 saturated heterocycles. The topological polar surface area (TPSA) is 17.1 Å². The quantitative estimate of drug-likeness (QED) is 0.740. The van der Waals surface area contributed by atoms with Gasteiger partial charge in [-0.1, -0.05) is 57.5 Å². The second-order valence-electron chi connectivity index (χ2n) is 6.38. The van der Waals surface area contributed by atoms with Gasteiger partial charge in [-0.25, -0.2) is 0 Å². The number of carbonyl (C=O) groups excluding carboxylic acids is 1. The van der Waals surface area contributed by atoms with Crippen molar-refractivity contribution < 1.29 is 4.79 Å². The summed E-state index contributed by atoms with van der Waals surface area (Å²) in [5, 5.41) is 0.689. The van der Waals surface area contributed by atoms with Gasteiger partial charge in [0.15, 0.2) is 0 Å². The maximum absolute atomic E-state index is 12.0. The molecule has 1 unspecified atom stereocenters. The molecule has 0 fully saturated rings. The Bertz CT molecular complexity index is 404. The highest BCUT2D eigenvalue weighted by atomic mass is 35.5. The minimum atomic E-state index is 0.278. The predicted molar refractivity (Wildman–Crippen MR) is 78.0 cm³/mol. The van der Waals surface area contributed by atoms with Crippen molar-refractivity contribution in [1.29, 1.82) is 0 Å². The fourth-order valence-electron chi connectivity index (χ4n) is 2.43. The van der Waals surface area contributed by atoms with Crippen LogP contribution in [0.1, 0.15) is 46.1 Å². The number of carbonyl (C=O) groups is 1. The monoisotopic (exact) mass is 266 g/mol. The lowest BCUT2D eigenvalue weighted by atomic mass is 9.83. The van der Waals surface area contributed by atoms with Crippen molar-refractivity contribution in [3.63, 3.8) is 0 Å². The average Bonchev–Trinajstić information content (AvgIpc) is 2.18. The highest BCUT2D eigenvalue weighted by Crippen LogP contribution is 2.26. The highest BCUT2D eigenvalue weighted by Gasteiger charge is 2.18. The van der Waals surface area contributed by atoms with Crippen LogP contribution >= 0.6 is 11.6 Å². The molecule has 0 spiro atoms. The van der Waals surface area contributed by atoms with E-state index in [1.807, 2.05) is 24.3 Å². The van der Waals surface area contributed by atoms with Gasteiger partial charge in [0.25, 0.3) is 0 Å². The summed E-state index contributed by atoms with van der Waals surface area (Å²) >= 11 is 6.06. The predicted octanol–water partition coefficient (Wildman–Crippen LogP) is 4.91. The Kier molecular flexibility index (Phi) is 5.40. The molecule has 2 heteroatoms. The first kappa shape index (κ1) is 15.2. The number of Topliss-reactive ketones (excluding diaryl/α,β-unsaturated/α-hetero) is 1. The summed E-state index contributed by atoms with van der Waals surface area (Å²) in [5.74, 6) is 0.708. The molecule has 0 amide bonds. The maximum Gasteiger partial charge on any atom is 0.137 e. The molecule has 0 aliphatic rings. The molecular formula is C16H23ClO. The summed E-state index contributed by atoms with van der Waals surface area (Å²) in [4.78, 5) is 12.0. The summed E-state index contributed by atoms with van der Waals surface area (Å²) in [6.45, 7) is 8.78. The van der Waals surface area contributed by atoms with Crippen molar-refractivity contribution in [2.24, 2.45) is 11.3 Å². The Hall–Kier alpha value is -0.820. The minimum absolute atomic E-state index is 0.278. The van der Waals surface area contributed by atoms with Gasteiger partial charge in [0.05, 0.1) is 0 Å². The summed E-state index contributed by atoms with van der Waals surface area (Å²) < 4.78 is 0. The zero-order valence-corrected chi connectivity index (χ0v) is 12.6. The van der Waals surface area contributed by atoms with Crippen LogP contribution in [0.3, 0.4) is 0 Å². The molecule has 0 N–H and O–H groups in total. The Morgan fingerprint density at radius 1 is 1.28 bits per heavy atom. The van der Waals surface area contributed by atoms with Crippen molar-refractivity contribution >= 4 is 17.4 Å². The van der Waals surface area contributed by atoms with Gasteiger partial charge in [-0.3, -0.25) is 4.79 Å². The molecule has 18 heavy (non-hydrogen) atoms. The molecule has 100 valence electrons. The molecule has 0 bridgehead atoms. The molecule has 1 rings (SSSR count). The lowest BCUT2D eigenvalue weighted by molar-refractivity contribution is -0.119. The summed E-state index contributed by atoms with van der Waals surface area (Å²) in [5.41, 5.74) is 1.22. The van der Waals surface area contributed by atoms with Gasteiger partial charge in [0.2, 0.25) is 0 Å². The number of benzene rings is 1. The van der Waals surface area contributed by atoms with Gasteiger partial charge in [-0.2, -0.15) is 0 Å². The van der Waals surface area contributed by atoms with Crippen LogP contribution in [-0.4, -0.2) is 5.78 Å². The van der Waals surface area contributed by atoms with Crippen molar-refractivity contribution in [3.8, 4) is 0 Å². The van der Waals surface area contributed by atoms with E-state index in [4.69, 9.17) is 11.6 Å². The fourth-order valence-corrected chi connectivity index (χ4v) is 2.64. The van der Waals surface area contributed by atoms with Crippen molar-refractivity contribution in [2.45, 2.75) is 47.0 Å². The molecule has 0 aromatic heterocycles. The van der Waals surface area contributed by atoms with E-state index in [0.29, 0.717) is 23.8 Å². The summed E-state index contributed by atoms with van der Waals surface area (Å²) in [6, 6.07) is 7.57. The van der Waals surface area contributed by atoms with Gasteiger partial charge >= 0.3 is 0 Å². The van der Waals surface area contributed by atoms with Crippen LogP contribution in [0.5, 0.6) is 0 Å². The third-order valence-corrected chi connectivity index (χ3v) is 3.25. The molecule has 0 aliphatic heterocycles. The molecule has 0 radical (unpaired) electrons. The SMILES string of the molecule is CC(CC(=O)Cc1ccccc1Cl)CC(C)(C)C. The average molecular weight is 267 g/mol. The first-order chi connectivity index (χ1) is 8.28. The molecule has 1 aromatic rings. The Morgan fingerprint density at radius 2 is 1.89 bits per heavy atom. The van der Waals surface area contributed by atoms with Crippen LogP contribution in [0.25, 0.3) is 0 Å². The fraction of sp³-hybridized carbons (Fsp3) is 0.562. The van der Waals surface area contributed by atoms with Crippen LogP contribution < -0.4 is 0 Å². The van der Waals surface area contributed by atoms with E-state index in [1.165, 1.54) is 0 Å². The number of ketones is 1. The maximum atomic E-state index is 12.0. The third kappa shape index (κ3) is 5.68. The van der Waals surface area contributed by atoms with E-state index in [2.05, 4.69) is 27.7 Å². The van der Waals surface area contributed by atoms with Gasteiger partial charge in [-0.05, 0) is 29.4 Å². The van der Waals surface area contributed by atoms with Gasteiger partial charge in [0, 0.05) is 17.9 Å². The molecular weight excluding hydrogens is 244 g/mol. The number of hydrogen-bond acceptors (Lipinski definition) is 1. The van der Waals surface area contributed by atoms with E-state index in [1.54, 1.807) is 0 Å². The third-order valence-electron chi connectivity index (χ3n) is 2.88.